The Balaban J connectivity index is 1.59. The maximum absolute atomic E-state index is 13.1. The molecule has 1 aromatic heterocycles. The first-order valence-corrected chi connectivity index (χ1v) is 11.1. The summed E-state index contributed by atoms with van der Waals surface area (Å²) in [6.07, 6.45) is 3.51. The van der Waals surface area contributed by atoms with Crippen LogP contribution in [0.3, 0.4) is 0 Å². The molecule has 8 nitrogen and oxygen atoms in total. The number of hydrogen-bond donors (Lipinski definition) is 1. The van der Waals surface area contributed by atoms with E-state index < -0.39 is 11.0 Å². The average molecular weight is 447 g/mol. The van der Waals surface area contributed by atoms with E-state index in [1.807, 2.05) is 60.7 Å². The number of aromatic nitrogens is 1. The second-order valence-corrected chi connectivity index (χ2v) is 8.07. The number of carbonyl (C=O) groups is 2. The summed E-state index contributed by atoms with van der Waals surface area (Å²) in [7, 11) is 0. The Bertz CT molecular complexity index is 1090. The van der Waals surface area contributed by atoms with E-state index in [1.165, 1.54) is 12.3 Å². The van der Waals surface area contributed by atoms with Gasteiger partial charge in [-0.3, -0.25) is 19.7 Å². The Hall–Kier alpha value is -3.94. The van der Waals surface area contributed by atoms with E-state index in [1.54, 1.807) is 9.47 Å². The van der Waals surface area contributed by atoms with Gasteiger partial charge in [-0.15, -0.1) is 0 Å². The number of benzene rings is 2. The summed E-state index contributed by atoms with van der Waals surface area (Å²) in [5.74, 6) is -0.230. The molecule has 2 heterocycles. The minimum atomic E-state index is -0.487. The fourth-order valence-electron chi connectivity index (χ4n) is 4.25. The molecule has 1 N–H and O–H groups in total. The number of carbonyl (C=O) groups excluding carboxylic acids is 2. The van der Waals surface area contributed by atoms with E-state index >= 15 is 0 Å². The van der Waals surface area contributed by atoms with Crippen LogP contribution in [0.1, 0.15) is 46.9 Å². The van der Waals surface area contributed by atoms with Crippen molar-refractivity contribution in [3.63, 3.8) is 0 Å². The number of nitro groups is 1. The molecule has 1 saturated heterocycles. The van der Waals surface area contributed by atoms with E-state index in [-0.39, 0.29) is 23.2 Å². The van der Waals surface area contributed by atoms with Crippen molar-refractivity contribution >= 4 is 17.5 Å². The van der Waals surface area contributed by atoms with Crippen molar-refractivity contribution in [3.8, 4) is 0 Å². The van der Waals surface area contributed by atoms with Gasteiger partial charge in [-0.2, -0.15) is 0 Å². The Morgan fingerprint density at radius 1 is 1.06 bits per heavy atom. The molecule has 4 rings (SSSR count). The Kier molecular flexibility index (Phi) is 6.83. The normalized spacial score (nSPS) is 13.5. The van der Waals surface area contributed by atoms with Gasteiger partial charge >= 0.3 is 0 Å². The highest BCUT2D eigenvalue weighted by atomic mass is 16.6. The van der Waals surface area contributed by atoms with Crippen LogP contribution >= 0.6 is 0 Å². The Labute approximate surface area is 192 Å². The van der Waals surface area contributed by atoms with Crippen LogP contribution in [0.4, 0.5) is 5.69 Å². The predicted octanol–water partition coefficient (Wildman–Crippen LogP) is 3.78. The SMILES string of the molecule is O=C(NCCCN1CCCC1=O)c1cc([N+](=O)[O-])cn1C(c1ccccc1)c1ccccc1. The molecule has 33 heavy (non-hydrogen) atoms. The largest absolute Gasteiger partial charge is 0.351 e. The van der Waals surface area contributed by atoms with Gasteiger partial charge in [0.2, 0.25) is 5.91 Å². The average Bonchev–Trinajstić information content (AvgIpc) is 3.45. The fourth-order valence-corrected chi connectivity index (χ4v) is 4.25. The molecular formula is C25H26N4O4. The second kappa shape index (κ2) is 10.1. The lowest BCUT2D eigenvalue weighted by atomic mass is 9.98. The highest BCUT2D eigenvalue weighted by Gasteiger charge is 2.26. The van der Waals surface area contributed by atoms with Crippen LogP contribution in [-0.4, -0.2) is 45.8 Å². The molecule has 170 valence electrons. The van der Waals surface area contributed by atoms with Crippen molar-refractivity contribution in [3.05, 3.63) is 99.9 Å². The van der Waals surface area contributed by atoms with Gasteiger partial charge in [0.25, 0.3) is 11.6 Å². The van der Waals surface area contributed by atoms with E-state index in [4.69, 9.17) is 0 Å². The number of nitrogens with zero attached hydrogens (tertiary/aromatic N) is 3. The van der Waals surface area contributed by atoms with E-state index in [0.717, 1.165) is 24.1 Å². The quantitative estimate of drug-likeness (QED) is 0.307. The highest BCUT2D eigenvalue weighted by Crippen LogP contribution is 2.31. The third kappa shape index (κ3) is 5.11. The molecule has 2 amide bonds. The van der Waals surface area contributed by atoms with Gasteiger partial charge in [-0.1, -0.05) is 60.7 Å². The van der Waals surface area contributed by atoms with Crippen LogP contribution in [0.5, 0.6) is 0 Å². The van der Waals surface area contributed by atoms with Crippen molar-refractivity contribution in [2.75, 3.05) is 19.6 Å². The summed E-state index contributed by atoms with van der Waals surface area (Å²) < 4.78 is 1.67. The van der Waals surface area contributed by atoms with Gasteiger partial charge in [0.05, 0.1) is 17.2 Å². The van der Waals surface area contributed by atoms with Gasteiger partial charge in [-0.25, -0.2) is 0 Å². The molecule has 8 heteroatoms. The fraction of sp³-hybridized carbons (Fsp3) is 0.280. The lowest BCUT2D eigenvalue weighted by Gasteiger charge is -2.22. The molecule has 3 aromatic rings. The topological polar surface area (TPSA) is 97.5 Å². The first kappa shape index (κ1) is 22.3. The molecular weight excluding hydrogens is 420 g/mol. The zero-order chi connectivity index (χ0) is 23.2. The zero-order valence-corrected chi connectivity index (χ0v) is 18.2. The summed E-state index contributed by atoms with van der Waals surface area (Å²) in [6.45, 7) is 1.73. The Morgan fingerprint density at radius 2 is 1.70 bits per heavy atom. The molecule has 0 radical (unpaired) electrons. The monoisotopic (exact) mass is 446 g/mol. The smallest absolute Gasteiger partial charge is 0.287 e. The van der Waals surface area contributed by atoms with Crippen LogP contribution in [0, 0.1) is 10.1 Å². The lowest BCUT2D eigenvalue weighted by molar-refractivity contribution is -0.384. The molecule has 0 atom stereocenters. The molecule has 0 aliphatic carbocycles. The zero-order valence-electron chi connectivity index (χ0n) is 18.2. The summed E-state index contributed by atoms with van der Waals surface area (Å²) in [5.41, 5.74) is 1.91. The number of amides is 2. The third-order valence-electron chi connectivity index (χ3n) is 5.85. The highest BCUT2D eigenvalue weighted by molar-refractivity contribution is 5.93. The number of hydrogen-bond acceptors (Lipinski definition) is 4. The first-order chi connectivity index (χ1) is 16.0. The van der Waals surface area contributed by atoms with Crippen molar-refractivity contribution in [1.29, 1.82) is 0 Å². The van der Waals surface area contributed by atoms with E-state index in [9.17, 15) is 19.7 Å². The molecule has 0 unspecified atom stereocenters. The lowest BCUT2D eigenvalue weighted by Crippen LogP contribution is -2.32. The van der Waals surface area contributed by atoms with Gasteiger partial charge in [0.1, 0.15) is 5.69 Å². The van der Waals surface area contributed by atoms with Gasteiger partial charge < -0.3 is 14.8 Å². The maximum atomic E-state index is 13.1. The van der Waals surface area contributed by atoms with Gasteiger partial charge in [0, 0.05) is 32.1 Å². The van der Waals surface area contributed by atoms with E-state index in [0.29, 0.717) is 25.9 Å². The molecule has 0 spiro atoms. The predicted molar refractivity (Wildman–Crippen MR) is 124 cm³/mol. The van der Waals surface area contributed by atoms with Crippen molar-refractivity contribution < 1.29 is 14.5 Å². The maximum Gasteiger partial charge on any atom is 0.287 e. The summed E-state index contributed by atoms with van der Waals surface area (Å²) in [6, 6.07) is 20.1. The summed E-state index contributed by atoms with van der Waals surface area (Å²) in [5, 5.41) is 14.4. The molecule has 1 aliphatic heterocycles. The summed E-state index contributed by atoms with van der Waals surface area (Å²) >= 11 is 0. The number of rotatable bonds is 9. The van der Waals surface area contributed by atoms with Gasteiger partial charge in [0.15, 0.2) is 0 Å². The molecule has 0 saturated carbocycles. The van der Waals surface area contributed by atoms with Crippen LogP contribution < -0.4 is 5.32 Å². The first-order valence-electron chi connectivity index (χ1n) is 11.1. The number of likely N-dealkylation sites (tertiary alicyclic amines) is 1. The van der Waals surface area contributed by atoms with E-state index in [2.05, 4.69) is 5.32 Å². The van der Waals surface area contributed by atoms with Crippen molar-refractivity contribution in [1.82, 2.24) is 14.8 Å². The number of nitrogens with one attached hydrogen (secondary N) is 1. The third-order valence-corrected chi connectivity index (χ3v) is 5.85. The molecule has 1 aliphatic rings. The Morgan fingerprint density at radius 3 is 2.24 bits per heavy atom. The molecule has 1 fully saturated rings. The standard InChI is InChI=1S/C25H26N4O4/c30-23-13-7-15-27(23)16-8-14-26-25(31)22-17-21(29(32)33)18-28(22)24(19-9-3-1-4-10-19)20-11-5-2-6-12-20/h1-6,9-12,17-18,24H,7-8,13-16H2,(H,26,31). The van der Waals surface area contributed by atoms with Crippen molar-refractivity contribution in [2.45, 2.75) is 25.3 Å². The minimum Gasteiger partial charge on any atom is -0.351 e. The van der Waals surface area contributed by atoms with Gasteiger partial charge in [-0.05, 0) is 24.0 Å². The second-order valence-electron chi connectivity index (χ2n) is 8.07. The van der Waals surface area contributed by atoms with Crippen molar-refractivity contribution in [2.24, 2.45) is 0 Å². The van der Waals surface area contributed by atoms with Crippen LogP contribution in [-0.2, 0) is 4.79 Å². The molecule has 0 bridgehead atoms. The summed E-state index contributed by atoms with van der Waals surface area (Å²) in [4.78, 5) is 37.7. The van der Waals surface area contributed by atoms with Crippen LogP contribution in [0.2, 0.25) is 0 Å². The van der Waals surface area contributed by atoms with Crippen LogP contribution in [0.15, 0.2) is 72.9 Å². The minimum absolute atomic E-state index is 0.139. The van der Waals surface area contributed by atoms with Crippen LogP contribution in [0.25, 0.3) is 0 Å². The molecule has 2 aromatic carbocycles.